The zero-order valence-corrected chi connectivity index (χ0v) is 8.89. The Morgan fingerprint density at radius 1 is 1.33 bits per heavy atom. The summed E-state index contributed by atoms with van der Waals surface area (Å²) in [5.41, 5.74) is 1.88. The Balaban J connectivity index is 2.15. The Labute approximate surface area is 89.2 Å². The predicted molar refractivity (Wildman–Crippen MR) is 60.9 cm³/mol. The van der Waals surface area contributed by atoms with Gasteiger partial charge in [-0.2, -0.15) is 0 Å². The van der Waals surface area contributed by atoms with Crippen molar-refractivity contribution in [3.8, 4) is 0 Å². The predicted octanol–water partition coefficient (Wildman–Crippen LogP) is 3.13. The monoisotopic (exact) mass is 206 g/mol. The van der Waals surface area contributed by atoms with Crippen LogP contribution in [0.4, 0.5) is 10.1 Å². The molecule has 0 saturated carbocycles. The molecule has 2 rings (SSSR count). The van der Waals surface area contributed by atoms with Gasteiger partial charge in [-0.25, -0.2) is 4.39 Å². The first-order valence-corrected chi connectivity index (χ1v) is 5.32. The minimum Gasteiger partial charge on any atom is -0.344 e. The summed E-state index contributed by atoms with van der Waals surface area (Å²) in [5.74, 6) is 0.773. The van der Waals surface area contributed by atoms with Gasteiger partial charge in [-0.1, -0.05) is 6.07 Å². The number of aliphatic imine (C=N–C) groups is 1. The van der Waals surface area contributed by atoms with E-state index in [-0.39, 0.29) is 5.82 Å². The van der Waals surface area contributed by atoms with Crippen LogP contribution in [0.3, 0.4) is 0 Å². The van der Waals surface area contributed by atoms with E-state index in [1.165, 1.54) is 18.6 Å². The summed E-state index contributed by atoms with van der Waals surface area (Å²) in [6.07, 6.45) is 3.30. The van der Waals surface area contributed by atoms with Gasteiger partial charge >= 0.3 is 0 Å². The largest absolute Gasteiger partial charge is 0.344 e. The van der Waals surface area contributed by atoms with Crippen LogP contribution in [0.15, 0.2) is 23.2 Å². The van der Waals surface area contributed by atoms with Gasteiger partial charge in [0.25, 0.3) is 0 Å². The lowest BCUT2D eigenvalue weighted by molar-refractivity contribution is 0.628. The molecule has 0 unspecified atom stereocenters. The molecule has 0 saturated heterocycles. The zero-order valence-electron chi connectivity index (χ0n) is 8.89. The number of halogens is 1. The van der Waals surface area contributed by atoms with Crippen LogP contribution in [-0.2, 0) is 0 Å². The lowest BCUT2D eigenvalue weighted by Crippen LogP contribution is -2.16. The highest BCUT2D eigenvalue weighted by Gasteiger charge is 2.07. The molecule has 0 aromatic heterocycles. The smallest absolute Gasteiger partial charge is 0.125 e. The fourth-order valence-electron chi connectivity index (χ4n) is 1.68. The van der Waals surface area contributed by atoms with Crippen LogP contribution in [0.5, 0.6) is 0 Å². The van der Waals surface area contributed by atoms with Crippen molar-refractivity contribution in [2.45, 2.75) is 26.2 Å². The average molecular weight is 206 g/mol. The molecule has 0 radical (unpaired) electrons. The highest BCUT2D eigenvalue weighted by molar-refractivity contribution is 5.96. The summed E-state index contributed by atoms with van der Waals surface area (Å²) < 4.78 is 13.0. The second kappa shape index (κ2) is 4.43. The molecule has 15 heavy (non-hydrogen) atoms. The fraction of sp³-hybridized carbons (Fsp3) is 0.417. The molecular formula is C12H15FN2. The van der Waals surface area contributed by atoms with Crippen molar-refractivity contribution in [2.24, 2.45) is 4.99 Å². The SMILES string of the molecule is Cc1ccc(F)cc1NC1=NCCCC1. The number of anilines is 1. The third-order valence-corrected chi connectivity index (χ3v) is 2.60. The first kappa shape index (κ1) is 10.1. The molecule has 3 heteroatoms. The standard InChI is InChI=1S/C12H15FN2/c1-9-5-6-10(13)8-11(9)15-12-4-2-3-7-14-12/h5-6,8H,2-4,7H2,1H3,(H,14,15). The van der Waals surface area contributed by atoms with Crippen molar-refractivity contribution in [1.29, 1.82) is 0 Å². The van der Waals surface area contributed by atoms with Crippen LogP contribution in [0, 0.1) is 12.7 Å². The van der Waals surface area contributed by atoms with E-state index < -0.39 is 0 Å². The first-order chi connectivity index (χ1) is 7.25. The van der Waals surface area contributed by atoms with Gasteiger partial charge < -0.3 is 5.32 Å². The first-order valence-electron chi connectivity index (χ1n) is 5.32. The van der Waals surface area contributed by atoms with Crippen LogP contribution in [0.25, 0.3) is 0 Å². The minimum absolute atomic E-state index is 0.209. The molecule has 80 valence electrons. The number of hydrogen-bond acceptors (Lipinski definition) is 2. The number of benzene rings is 1. The van der Waals surface area contributed by atoms with Crippen molar-refractivity contribution >= 4 is 11.5 Å². The maximum atomic E-state index is 13.0. The molecule has 0 amide bonds. The van der Waals surface area contributed by atoms with E-state index in [1.807, 2.05) is 6.92 Å². The Kier molecular flexibility index (Phi) is 2.99. The maximum Gasteiger partial charge on any atom is 0.125 e. The van der Waals surface area contributed by atoms with Crippen molar-refractivity contribution in [3.63, 3.8) is 0 Å². The normalized spacial score (nSPS) is 16.0. The fourth-order valence-corrected chi connectivity index (χ4v) is 1.68. The van der Waals surface area contributed by atoms with Gasteiger partial charge in [0.15, 0.2) is 0 Å². The number of nitrogens with zero attached hydrogens (tertiary/aromatic N) is 1. The number of aryl methyl sites for hydroxylation is 1. The van der Waals surface area contributed by atoms with Crippen LogP contribution in [0.1, 0.15) is 24.8 Å². The van der Waals surface area contributed by atoms with Crippen molar-refractivity contribution < 1.29 is 4.39 Å². The highest BCUT2D eigenvalue weighted by Crippen LogP contribution is 2.17. The lowest BCUT2D eigenvalue weighted by Gasteiger charge is -2.15. The van der Waals surface area contributed by atoms with E-state index in [2.05, 4.69) is 10.3 Å². The summed E-state index contributed by atoms with van der Waals surface area (Å²) in [5, 5.41) is 3.20. The summed E-state index contributed by atoms with van der Waals surface area (Å²) >= 11 is 0. The molecule has 1 aliphatic rings. The molecule has 0 spiro atoms. The van der Waals surface area contributed by atoms with Crippen LogP contribution < -0.4 is 5.32 Å². The van der Waals surface area contributed by atoms with Gasteiger partial charge in [-0.05, 0) is 37.5 Å². The second-order valence-electron chi connectivity index (χ2n) is 3.87. The molecular weight excluding hydrogens is 191 g/mol. The number of hydrogen-bond donors (Lipinski definition) is 1. The third-order valence-electron chi connectivity index (χ3n) is 2.60. The van der Waals surface area contributed by atoms with Gasteiger partial charge in [0.1, 0.15) is 11.7 Å². The molecule has 0 bridgehead atoms. The average Bonchev–Trinajstić information content (AvgIpc) is 2.25. The van der Waals surface area contributed by atoms with E-state index in [0.717, 1.165) is 36.5 Å². The molecule has 1 aliphatic heterocycles. The van der Waals surface area contributed by atoms with Gasteiger partial charge in [-0.3, -0.25) is 4.99 Å². The van der Waals surface area contributed by atoms with Crippen LogP contribution in [-0.4, -0.2) is 12.4 Å². The number of nitrogens with one attached hydrogen (secondary N) is 1. The maximum absolute atomic E-state index is 13.0. The Morgan fingerprint density at radius 2 is 2.20 bits per heavy atom. The molecule has 2 nitrogen and oxygen atoms in total. The Hall–Kier alpha value is -1.38. The molecule has 1 aromatic carbocycles. The molecule has 0 fully saturated rings. The summed E-state index contributed by atoms with van der Waals surface area (Å²) in [4.78, 5) is 4.38. The summed E-state index contributed by atoms with van der Waals surface area (Å²) in [6, 6.07) is 4.77. The van der Waals surface area contributed by atoms with Crippen molar-refractivity contribution in [2.75, 3.05) is 11.9 Å². The van der Waals surface area contributed by atoms with Crippen molar-refractivity contribution in [1.82, 2.24) is 0 Å². The van der Waals surface area contributed by atoms with E-state index in [1.54, 1.807) is 6.07 Å². The Morgan fingerprint density at radius 3 is 2.93 bits per heavy atom. The van der Waals surface area contributed by atoms with E-state index in [0.29, 0.717) is 0 Å². The minimum atomic E-state index is -0.209. The van der Waals surface area contributed by atoms with Crippen LogP contribution in [0.2, 0.25) is 0 Å². The van der Waals surface area contributed by atoms with E-state index >= 15 is 0 Å². The molecule has 1 N–H and O–H groups in total. The zero-order chi connectivity index (χ0) is 10.7. The molecule has 0 atom stereocenters. The molecule has 1 aromatic rings. The number of amidine groups is 1. The van der Waals surface area contributed by atoms with Crippen molar-refractivity contribution in [3.05, 3.63) is 29.6 Å². The van der Waals surface area contributed by atoms with E-state index in [4.69, 9.17) is 0 Å². The molecule has 0 aliphatic carbocycles. The quantitative estimate of drug-likeness (QED) is 0.750. The Bertz CT molecular complexity index is 385. The van der Waals surface area contributed by atoms with Gasteiger partial charge in [0.2, 0.25) is 0 Å². The third kappa shape index (κ3) is 2.55. The van der Waals surface area contributed by atoms with Gasteiger partial charge in [-0.15, -0.1) is 0 Å². The number of rotatable bonds is 1. The van der Waals surface area contributed by atoms with Crippen LogP contribution >= 0.6 is 0 Å². The molecule has 1 heterocycles. The van der Waals surface area contributed by atoms with Gasteiger partial charge in [0.05, 0.1) is 0 Å². The van der Waals surface area contributed by atoms with Gasteiger partial charge in [0, 0.05) is 18.7 Å². The van der Waals surface area contributed by atoms with E-state index in [9.17, 15) is 4.39 Å². The highest BCUT2D eigenvalue weighted by atomic mass is 19.1. The second-order valence-corrected chi connectivity index (χ2v) is 3.87. The lowest BCUT2D eigenvalue weighted by atomic mass is 10.1. The summed E-state index contributed by atoms with van der Waals surface area (Å²) in [7, 11) is 0. The topological polar surface area (TPSA) is 24.4 Å². The summed E-state index contributed by atoms with van der Waals surface area (Å²) in [6.45, 7) is 2.85.